The maximum Gasteiger partial charge on any atom is 0.237 e. The monoisotopic (exact) mass is 354 g/mol. The van der Waals surface area contributed by atoms with Crippen molar-refractivity contribution in [1.82, 2.24) is 5.32 Å². The Labute approximate surface area is 145 Å². The van der Waals surface area contributed by atoms with E-state index in [0.717, 1.165) is 17.7 Å². The number of amides is 1. The van der Waals surface area contributed by atoms with E-state index in [1.165, 1.54) is 10.4 Å². The molecule has 2 atom stereocenters. The second-order valence-corrected chi connectivity index (χ2v) is 7.28. The van der Waals surface area contributed by atoms with Crippen LogP contribution in [0.15, 0.2) is 41.8 Å². The first kappa shape index (κ1) is 17.3. The minimum absolute atomic E-state index is 0. The van der Waals surface area contributed by atoms with Crippen molar-refractivity contribution in [3.63, 3.8) is 0 Å². The number of nitrogens with two attached hydrogens (primary N) is 1. The molecule has 0 radical (unpaired) electrons. The summed E-state index contributed by atoms with van der Waals surface area (Å²) in [7, 11) is 0. The number of carbonyl (C=O) groups is 1. The molecule has 0 aliphatic carbocycles. The van der Waals surface area contributed by atoms with E-state index in [9.17, 15) is 4.79 Å². The molecule has 0 fully saturated rings. The van der Waals surface area contributed by atoms with Gasteiger partial charge in [-0.05, 0) is 34.7 Å². The molecule has 0 saturated heterocycles. The van der Waals surface area contributed by atoms with Crippen molar-refractivity contribution < 1.29 is 4.79 Å². The second-order valence-electron chi connectivity index (χ2n) is 5.06. The largest absolute Gasteiger partial charge is 0.353 e. The Hall–Kier alpha value is -1.01. The minimum Gasteiger partial charge on any atom is -0.353 e. The van der Waals surface area contributed by atoms with Gasteiger partial charge >= 0.3 is 0 Å². The highest BCUT2D eigenvalue weighted by molar-refractivity contribution is 8.00. The molecule has 0 spiro atoms. The smallest absolute Gasteiger partial charge is 0.237 e. The van der Waals surface area contributed by atoms with E-state index in [4.69, 9.17) is 5.73 Å². The molecule has 3 nitrogen and oxygen atoms in total. The summed E-state index contributed by atoms with van der Waals surface area (Å²) >= 11 is 3.47. The highest BCUT2D eigenvalue weighted by Crippen LogP contribution is 2.39. The van der Waals surface area contributed by atoms with Crippen LogP contribution in [0.25, 0.3) is 0 Å². The lowest BCUT2D eigenvalue weighted by Crippen LogP contribution is -2.35. The van der Waals surface area contributed by atoms with Gasteiger partial charge in [0.2, 0.25) is 5.91 Å². The zero-order valence-corrected chi connectivity index (χ0v) is 14.5. The fraction of sp³-hybridized carbons (Fsp3) is 0.312. The van der Waals surface area contributed by atoms with Crippen LogP contribution < -0.4 is 11.1 Å². The zero-order valence-electron chi connectivity index (χ0n) is 12.0. The molecule has 1 aromatic heterocycles. The van der Waals surface area contributed by atoms with Crippen molar-refractivity contribution in [2.75, 3.05) is 12.3 Å². The van der Waals surface area contributed by atoms with E-state index >= 15 is 0 Å². The number of rotatable bonds is 4. The number of aryl methyl sites for hydroxylation is 1. The second kappa shape index (κ2) is 8.02. The maximum atomic E-state index is 12.4. The molecular weight excluding hydrogens is 336 g/mol. The average molecular weight is 355 g/mol. The summed E-state index contributed by atoms with van der Waals surface area (Å²) in [6, 6.07) is 11.8. The first-order valence-electron chi connectivity index (χ1n) is 7.02. The number of carbonyl (C=O) groups excluding carboxylic acids is 1. The average Bonchev–Trinajstić information content (AvgIpc) is 3.01. The maximum absolute atomic E-state index is 12.4. The molecule has 0 saturated carbocycles. The number of nitrogens with one attached hydrogen (secondary N) is 1. The van der Waals surface area contributed by atoms with Crippen molar-refractivity contribution >= 4 is 41.4 Å². The molecule has 1 aliphatic heterocycles. The Morgan fingerprint density at radius 3 is 2.86 bits per heavy atom. The first-order valence-corrected chi connectivity index (χ1v) is 8.94. The van der Waals surface area contributed by atoms with Crippen LogP contribution in [0.3, 0.4) is 0 Å². The van der Waals surface area contributed by atoms with Crippen LogP contribution in [0.1, 0.15) is 27.3 Å². The SMILES string of the molecule is Cl.NC(CNC(=O)C1SCCc2sccc21)c1ccccc1. The predicted molar refractivity (Wildman–Crippen MR) is 96.9 cm³/mol. The third kappa shape index (κ3) is 3.84. The number of halogens is 1. The van der Waals surface area contributed by atoms with Gasteiger partial charge in [-0.1, -0.05) is 30.3 Å². The van der Waals surface area contributed by atoms with Gasteiger partial charge in [0.15, 0.2) is 0 Å². The van der Waals surface area contributed by atoms with Gasteiger partial charge in [-0.25, -0.2) is 0 Å². The normalized spacial score (nSPS) is 18.0. The molecule has 2 heterocycles. The Balaban J connectivity index is 0.00000176. The van der Waals surface area contributed by atoms with E-state index < -0.39 is 0 Å². The van der Waals surface area contributed by atoms with E-state index in [-0.39, 0.29) is 29.6 Å². The van der Waals surface area contributed by atoms with Crippen LogP contribution in [0.4, 0.5) is 0 Å². The van der Waals surface area contributed by atoms with Crippen LogP contribution in [-0.4, -0.2) is 18.2 Å². The lowest BCUT2D eigenvalue weighted by atomic mass is 10.1. The molecule has 2 unspecified atom stereocenters. The van der Waals surface area contributed by atoms with Gasteiger partial charge in [-0.3, -0.25) is 4.79 Å². The van der Waals surface area contributed by atoms with Gasteiger partial charge in [0.25, 0.3) is 0 Å². The van der Waals surface area contributed by atoms with Gasteiger partial charge in [-0.2, -0.15) is 0 Å². The van der Waals surface area contributed by atoms with Gasteiger partial charge in [0, 0.05) is 17.5 Å². The van der Waals surface area contributed by atoms with Crippen LogP contribution in [0.2, 0.25) is 0 Å². The molecule has 1 aromatic carbocycles. The van der Waals surface area contributed by atoms with Gasteiger partial charge in [-0.15, -0.1) is 35.5 Å². The van der Waals surface area contributed by atoms with E-state index in [0.29, 0.717) is 6.54 Å². The Bertz CT molecular complexity index is 618. The summed E-state index contributed by atoms with van der Waals surface area (Å²) in [5.41, 5.74) is 8.36. The number of benzene rings is 1. The van der Waals surface area contributed by atoms with E-state index in [1.807, 2.05) is 30.3 Å². The summed E-state index contributed by atoms with van der Waals surface area (Å²) < 4.78 is 0. The molecule has 0 bridgehead atoms. The standard InChI is InChI=1S/C16H18N2OS2.ClH/c17-13(11-4-2-1-3-5-11)10-18-16(19)15-12-6-8-20-14(12)7-9-21-15;/h1-6,8,13,15H,7,9-10,17H2,(H,18,19);1H. The Kier molecular flexibility index (Phi) is 6.32. The third-order valence-electron chi connectivity index (χ3n) is 3.64. The first-order chi connectivity index (χ1) is 10.3. The molecule has 3 N–H and O–H groups in total. The number of thiophene rings is 1. The number of fused-ring (bicyclic) bond motifs is 1. The summed E-state index contributed by atoms with van der Waals surface area (Å²) in [5.74, 6) is 1.09. The summed E-state index contributed by atoms with van der Waals surface area (Å²) in [6.45, 7) is 0.472. The van der Waals surface area contributed by atoms with Crippen LogP contribution in [0, 0.1) is 0 Å². The van der Waals surface area contributed by atoms with Crippen molar-refractivity contribution in [2.24, 2.45) is 5.73 Å². The Morgan fingerprint density at radius 2 is 2.09 bits per heavy atom. The summed E-state index contributed by atoms with van der Waals surface area (Å²) in [4.78, 5) is 13.8. The van der Waals surface area contributed by atoms with Crippen LogP contribution in [-0.2, 0) is 11.2 Å². The van der Waals surface area contributed by atoms with Gasteiger partial charge < -0.3 is 11.1 Å². The highest BCUT2D eigenvalue weighted by Gasteiger charge is 2.28. The number of thioether (sulfide) groups is 1. The summed E-state index contributed by atoms with van der Waals surface area (Å²) in [5, 5.41) is 5.00. The fourth-order valence-corrected chi connectivity index (χ4v) is 4.80. The highest BCUT2D eigenvalue weighted by atomic mass is 35.5. The lowest BCUT2D eigenvalue weighted by Gasteiger charge is -2.22. The molecule has 2 aromatic rings. The summed E-state index contributed by atoms with van der Waals surface area (Å²) in [6.07, 6.45) is 1.07. The molecule has 22 heavy (non-hydrogen) atoms. The number of hydrogen-bond donors (Lipinski definition) is 2. The van der Waals surface area contributed by atoms with Crippen LogP contribution in [0.5, 0.6) is 0 Å². The van der Waals surface area contributed by atoms with E-state index in [1.54, 1.807) is 23.1 Å². The minimum atomic E-state index is -0.161. The van der Waals surface area contributed by atoms with Crippen molar-refractivity contribution in [1.29, 1.82) is 0 Å². The van der Waals surface area contributed by atoms with Crippen LogP contribution >= 0.6 is 35.5 Å². The number of hydrogen-bond acceptors (Lipinski definition) is 4. The van der Waals surface area contributed by atoms with Gasteiger partial charge in [0.1, 0.15) is 5.25 Å². The van der Waals surface area contributed by atoms with Crippen molar-refractivity contribution in [2.45, 2.75) is 17.7 Å². The topological polar surface area (TPSA) is 55.1 Å². The predicted octanol–water partition coefficient (Wildman–Crippen LogP) is 3.32. The van der Waals surface area contributed by atoms with E-state index in [2.05, 4.69) is 16.8 Å². The Morgan fingerprint density at radius 1 is 1.32 bits per heavy atom. The van der Waals surface area contributed by atoms with Crippen molar-refractivity contribution in [3.8, 4) is 0 Å². The molecule has 3 rings (SSSR count). The quantitative estimate of drug-likeness (QED) is 0.885. The van der Waals surface area contributed by atoms with Crippen molar-refractivity contribution in [3.05, 3.63) is 57.8 Å². The molecule has 1 aliphatic rings. The zero-order chi connectivity index (χ0) is 14.7. The lowest BCUT2D eigenvalue weighted by molar-refractivity contribution is -0.120. The molecule has 118 valence electrons. The third-order valence-corrected chi connectivity index (χ3v) is 5.88. The molecule has 1 amide bonds. The van der Waals surface area contributed by atoms with Gasteiger partial charge in [0.05, 0.1) is 0 Å². The molecule has 6 heteroatoms. The molecular formula is C16H19ClN2OS2. The fourth-order valence-electron chi connectivity index (χ4n) is 2.48.